The summed E-state index contributed by atoms with van der Waals surface area (Å²) in [6.45, 7) is 2.38. The molecule has 4 atom stereocenters. The fourth-order valence-corrected chi connectivity index (χ4v) is 5.18. The predicted molar refractivity (Wildman–Crippen MR) is 125 cm³/mol. The molecule has 3 aromatic rings. The van der Waals surface area contributed by atoms with Crippen molar-refractivity contribution in [2.45, 2.75) is 37.8 Å². The second-order valence-corrected chi connectivity index (χ2v) is 11.5. The zero-order valence-electron chi connectivity index (χ0n) is 19.1. The first-order valence-electron chi connectivity index (χ1n) is 11.0. The summed E-state index contributed by atoms with van der Waals surface area (Å²) in [6.07, 6.45) is 3.06. The lowest BCUT2D eigenvalue weighted by atomic mass is 10.0. The Balaban J connectivity index is 1.48. The fraction of sp³-hybridized carbons (Fsp3) is 0.417. The van der Waals surface area contributed by atoms with E-state index < -0.39 is 40.0 Å². The summed E-state index contributed by atoms with van der Waals surface area (Å²) in [5.74, 6) is -0.0359. The Morgan fingerprint density at radius 2 is 1.97 bits per heavy atom. The van der Waals surface area contributed by atoms with E-state index in [4.69, 9.17) is 14.2 Å². The number of benzene rings is 2. The molecular formula is C24H26FN3O5S. The molecule has 0 saturated carbocycles. The molecule has 0 spiro atoms. The predicted octanol–water partition coefficient (Wildman–Crippen LogP) is 2.93. The number of aryl methyl sites for hydroxylation is 1. The van der Waals surface area contributed by atoms with Gasteiger partial charge < -0.3 is 19.3 Å². The molecule has 10 heteroatoms. The third-order valence-corrected chi connectivity index (χ3v) is 6.62. The summed E-state index contributed by atoms with van der Waals surface area (Å²) < 4.78 is 48.0. The maximum absolute atomic E-state index is 14.1. The molecule has 2 aliphatic heterocycles. The lowest BCUT2D eigenvalue weighted by Gasteiger charge is -2.20. The van der Waals surface area contributed by atoms with Crippen molar-refractivity contribution < 1.29 is 27.9 Å². The van der Waals surface area contributed by atoms with E-state index in [-0.39, 0.29) is 13.2 Å². The number of fused-ring (bicyclic) bond motifs is 2. The first-order chi connectivity index (χ1) is 16.2. The van der Waals surface area contributed by atoms with E-state index in [1.54, 1.807) is 24.6 Å². The van der Waals surface area contributed by atoms with Gasteiger partial charge in [0, 0.05) is 45.7 Å². The maximum atomic E-state index is 14.1. The Labute approximate surface area is 197 Å². The van der Waals surface area contributed by atoms with E-state index in [9.17, 15) is 13.7 Å². The van der Waals surface area contributed by atoms with Gasteiger partial charge in [-0.25, -0.2) is 18.6 Å². The maximum Gasteiger partial charge on any atom is 0.151 e. The highest BCUT2D eigenvalue weighted by Crippen LogP contribution is 2.33. The van der Waals surface area contributed by atoms with Crippen LogP contribution in [0.2, 0.25) is 0 Å². The second kappa shape index (κ2) is 8.84. The van der Waals surface area contributed by atoms with E-state index in [2.05, 4.69) is 14.3 Å². The van der Waals surface area contributed by atoms with Crippen LogP contribution in [0.4, 0.5) is 10.1 Å². The first-order valence-corrected chi connectivity index (χ1v) is 13.3. The largest absolute Gasteiger partial charge is 0.485 e. The van der Waals surface area contributed by atoms with Crippen LogP contribution in [0, 0.1) is 12.7 Å². The molecule has 0 radical (unpaired) electrons. The average molecular weight is 488 g/mol. The number of aliphatic hydroxyl groups is 1. The SMILES string of the molecule is Cc1cc(N=S(C)(C)=O)cc2ncnc(Cc3ccc(F)cc3O[C@H]3CO[C@H]4[C@@H]3OC[C@@H]4O)c12. The second-order valence-electron chi connectivity index (χ2n) is 9.00. The van der Waals surface area contributed by atoms with Crippen LogP contribution in [-0.2, 0) is 25.6 Å². The first kappa shape index (κ1) is 23.1. The van der Waals surface area contributed by atoms with Gasteiger partial charge in [-0.3, -0.25) is 0 Å². The Morgan fingerprint density at radius 3 is 2.76 bits per heavy atom. The molecule has 0 aliphatic carbocycles. The van der Waals surface area contributed by atoms with Crippen LogP contribution in [-0.4, -0.2) is 69.4 Å². The van der Waals surface area contributed by atoms with Gasteiger partial charge in [-0.05, 0) is 30.7 Å². The van der Waals surface area contributed by atoms with Gasteiger partial charge in [0.2, 0.25) is 0 Å². The Bertz CT molecular complexity index is 1370. The third-order valence-electron chi connectivity index (χ3n) is 5.97. The fourth-order valence-electron chi connectivity index (χ4n) is 4.57. The van der Waals surface area contributed by atoms with E-state index in [0.717, 1.165) is 22.2 Å². The Kier molecular flexibility index (Phi) is 6.01. The molecular weight excluding hydrogens is 461 g/mol. The number of aliphatic hydroxyl groups excluding tert-OH is 1. The Morgan fingerprint density at radius 1 is 1.18 bits per heavy atom. The van der Waals surface area contributed by atoms with Crippen molar-refractivity contribution in [3.63, 3.8) is 0 Å². The van der Waals surface area contributed by atoms with Crippen LogP contribution in [0.15, 0.2) is 41.0 Å². The highest BCUT2D eigenvalue weighted by Gasteiger charge is 2.48. The van der Waals surface area contributed by atoms with Gasteiger partial charge in [0.25, 0.3) is 0 Å². The molecule has 8 nitrogen and oxygen atoms in total. The summed E-state index contributed by atoms with van der Waals surface area (Å²) in [6, 6.07) is 8.07. The number of rotatable bonds is 5. The number of halogens is 1. The van der Waals surface area contributed by atoms with Gasteiger partial charge in [-0.1, -0.05) is 6.07 Å². The molecule has 2 fully saturated rings. The van der Waals surface area contributed by atoms with Gasteiger partial charge in [0.1, 0.15) is 36.2 Å². The normalized spacial score (nSPS) is 24.4. The molecule has 0 unspecified atom stereocenters. The minimum absolute atomic E-state index is 0.191. The van der Waals surface area contributed by atoms with Gasteiger partial charge in [0.15, 0.2) is 6.10 Å². The molecule has 0 amide bonds. The van der Waals surface area contributed by atoms with E-state index in [1.807, 2.05) is 13.0 Å². The number of hydrogen-bond donors (Lipinski definition) is 1. The third kappa shape index (κ3) is 4.63. The molecule has 180 valence electrons. The number of hydrogen-bond acceptors (Lipinski definition) is 8. The van der Waals surface area contributed by atoms with Crippen molar-refractivity contribution >= 4 is 26.3 Å². The summed E-state index contributed by atoms with van der Waals surface area (Å²) in [5, 5.41) is 10.8. The molecule has 3 heterocycles. The molecule has 0 bridgehead atoms. The summed E-state index contributed by atoms with van der Waals surface area (Å²) >= 11 is 0. The molecule has 5 rings (SSSR count). The van der Waals surface area contributed by atoms with Crippen LogP contribution in [0.1, 0.15) is 16.8 Å². The molecule has 2 aliphatic rings. The molecule has 1 aromatic heterocycles. The zero-order chi connectivity index (χ0) is 24.0. The van der Waals surface area contributed by atoms with Crippen LogP contribution in [0.25, 0.3) is 10.9 Å². The Hall–Kier alpha value is -2.66. The van der Waals surface area contributed by atoms with Crippen LogP contribution < -0.4 is 4.74 Å². The summed E-state index contributed by atoms with van der Waals surface area (Å²) in [5.41, 5.74) is 3.71. The average Bonchev–Trinajstić information content (AvgIpc) is 3.32. The summed E-state index contributed by atoms with van der Waals surface area (Å²) in [7, 11) is -2.31. The van der Waals surface area contributed by atoms with Crippen molar-refractivity contribution in [1.29, 1.82) is 0 Å². The van der Waals surface area contributed by atoms with Crippen molar-refractivity contribution in [1.82, 2.24) is 9.97 Å². The standard InChI is InChI=1S/C24H26FN3O5S/c1-13-6-16(28-34(2,3)30)9-18-22(13)17(26-12-27-18)7-14-4-5-15(25)8-20(14)33-21-11-32-23-19(29)10-31-24(21)23/h4-6,8-9,12,19,21,23-24,29H,7,10-11H2,1-3H3/t19-,21-,23+,24+/m0/s1. The lowest BCUT2D eigenvalue weighted by Crippen LogP contribution is -2.34. The van der Waals surface area contributed by atoms with Gasteiger partial charge in [-0.2, -0.15) is 4.36 Å². The number of nitrogens with zero attached hydrogens (tertiary/aromatic N) is 3. The van der Waals surface area contributed by atoms with Crippen molar-refractivity contribution in [3.8, 4) is 5.75 Å². The van der Waals surface area contributed by atoms with Gasteiger partial charge >= 0.3 is 0 Å². The van der Waals surface area contributed by atoms with Crippen molar-refractivity contribution in [2.75, 3.05) is 25.7 Å². The highest BCUT2D eigenvalue weighted by molar-refractivity contribution is 7.92. The monoisotopic (exact) mass is 487 g/mol. The molecule has 2 saturated heterocycles. The topological polar surface area (TPSA) is 103 Å². The molecule has 2 aromatic carbocycles. The van der Waals surface area contributed by atoms with E-state index in [0.29, 0.717) is 23.4 Å². The van der Waals surface area contributed by atoms with Crippen molar-refractivity contribution in [3.05, 3.63) is 59.3 Å². The van der Waals surface area contributed by atoms with Crippen LogP contribution in [0.5, 0.6) is 5.75 Å². The minimum Gasteiger partial charge on any atom is -0.485 e. The highest BCUT2D eigenvalue weighted by atomic mass is 32.2. The zero-order valence-corrected chi connectivity index (χ0v) is 19.9. The lowest BCUT2D eigenvalue weighted by molar-refractivity contribution is 0.00843. The molecule has 34 heavy (non-hydrogen) atoms. The summed E-state index contributed by atoms with van der Waals surface area (Å²) in [4.78, 5) is 8.88. The molecule has 1 N–H and O–H groups in total. The van der Waals surface area contributed by atoms with E-state index >= 15 is 0 Å². The quantitative estimate of drug-likeness (QED) is 0.590. The van der Waals surface area contributed by atoms with Crippen LogP contribution in [0.3, 0.4) is 0 Å². The number of aromatic nitrogens is 2. The van der Waals surface area contributed by atoms with Gasteiger partial charge in [0.05, 0.1) is 30.1 Å². The van der Waals surface area contributed by atoms with Gasteiger partial charge in [-0.15, -0.1) is 0 Å². The minimum atomic E-state index is -2.31. The van der Waals surface area contributed by atoms with Crippen LogP contribution >= 0.6 is 0 Å². The smallest absolute Gasteiger partial charge is 0.151 e. The van der Waals surface area contributed by atoms with E-state index in [1.165, 1.54) is 18.5 Å². The number of ether oxygens (including phenoxy) is 3. The van der Waals surface area contributed by atoms with Crippen molar-refractivity contribution in [2.24, 2.45) is 4.36 Å².